The smallest absolute Gasteiger partial charge is 0.242 e. The summed E-state index contributed by atoms with van der Waals surface area (Å²) in [5.74, 6) is 0.395. The second-order valence-corrected chi connectivity index (χ2v) is 6.94. The van der Waals surface area contributed by atoms with E-state index in [1.807, 2.05) is 0 Å². The van der Waals surface area contributed by atoms with Gasteiger partial charge < -0.3 is 4.74 Å². The van der Waals surface area contributed by atoms with E-state index >= 15 is 0 Å². The van der Waals surface area contributed by atoms with Crippen molar-refractivity contribution in [1.29, 1.82) is 0 Å². The number of ether oxygens (including phenoxy) is 1. The van der Waals surface area contributed by atoms with Gasteiger partial charge >= 0.3 is 0 Å². The molecule has 0 aromatic carbocycles. The lowest BCUT2D eigenvalue weighted by Crippen LogP contribution is -2.45. The normalized spacial score (nSPS) is 21.4. The molecule has 118 valence electrons. The van der Waals surface area contributed by atoms with Crippen molar-refractivity contribution in [2.45, 2.75) is 36.7 Å². The number of methoxy groups -OCH3 is 1. The van der Waals surface area contributed by atoms with E-state index in [9.17, 15) is 8.42 Å². The first-order valence-electron chi connectivity index (χ1n) is 6.87. The Labute approximate surface area is 128 Å². The maximum atomic E-state index is 12.4. The lowest BCUT2D eigenvalue weighted by Gasteiger charge is -2.35. The molecule has 0 unspecified atom stereocenters. The van der Waals surface area contributed by atoms with Crippen LogP contribution in [0.15, 0.2) is 29.7 Å². The molecule has 1 saturated carbocycles. The zero-order valence-corrected chi connectivity index (χ0v) is 13.1. The molecule has 1 aliphatic rings. The molecule has 0 saturated heterocycles. The Hall–Kier alpha value is -2.00. The number of nitrogens with zero attached hydrogens (tertiary/aromatic N) is 4. The van der Waals surface area contributed by atoms with Crippen LogP contribution in [0.25, 0.3) is 0 Å². The lowest BCUT2D eigenvalue weighted by atomic mass is 9.88. The van der Waals surface area contributed by atoms with E-state index in [0.717, 1.165) is 0 Å². The molecular weight excluding hydrogens is 306 g/mol. The third-order valence-electron chi connectivity index (χ3n) is 3.76. The van der Waals surface area contributed by atoms with E-state index < -0.39 is 10.0 Å². The molecular formula is C13H17N5O3S. The van der Waals surface area contributed by atoms with Crippen LogP contribution >= 0.6 is 0 Å². The van der Waals surface area contributed by atoms with Crippen molar-refractivity contribution in [2.75, 3.05) is 7.11 Å². The van der Waals surface area contributed by atoms with Gasteiger partial charge in [0.25, 0.3) is 0 Å². The topological polar surface area (TPSA) is 99.0 Å². The van der Waals surface area contributed by atoms with Gasteiger partial charge in [-0.2, -0.15) is 5.10 Å². The molecule has 1 N–H and O–H groups in total. The molecule has 8 nitrogen and oxygen atoms in total. The van der Waals surface area contributed by atoms with Gasteiger partial charge in [0.1, 0.15) is 17.6 Å². The number of aryl methyl sites for hydroxylation is 1. The largest absolute Gasteiger partial charge is 0.481 e. The molecule has 0 amide bonds. The Bertz CT molecular complexity index is 754. The van der Waals surface area contributed by atoms with E-state index in [-0.39, 0.29) is 17.0 Å². The molecule has 22 heavy (non-hydrogen) atoms. The third-order valence-corrected chi connectivity index (χ3v) is 5.41. The minimum Gasteiger partial charge on any atom is -0.481 e. The van der Waals surface area contributed by atoms with Crippen molar-refractivity contribution >= 4 is 10.0 Å². The highest BCUT2D eigenvalue weighted by Gasteiger charge is 2.34. The summed E-state index contributed by atoms with van der Waals surface area (Å²) in [6, 6.07) is 3.16. The maximum Gasteiger partial charge on any atom is 0.242 e. The van der Waals surface area contributed by atoms with Gasteiger partial charge in [0, 0.05) is 12.1 Å². The van der Waals surface area contributed by atoms with Crippen molar-refractivity contribution in [3.8, 4) is 5.88 Å². The minimum absolute atomic E-state index is 0.0966. The summed E-state index contributed by atoms with van der Waals surface area (Å²) in [5, 5.41) is 4.06. The minimum atomic E-state index is -3.58. The lowest BCUT2D eigenvalue weighted by molar-refractivity contribution is 0.232. The molecule has 0 bridgehead atoms. The van der Waals surface area contributed by atoms with E-state index in [1.165, 1.54) is 19.5 Å². The van der Waals surface area contributed by atoms with E-state index in [2.05, 4.69) is 19.8 Å². The predicted molar refractivity (Wildman–Crippen MR) is 77.9 cm³/mol. The molecule has 9 heteroatoms. The highest BCUT2D eigenvalue weighted by Crippen LogP contribution is 2.32. The summed E-state index contributed by atoms with van der Waals surface area (Å²) in [6.45, 7) is 1.65. The molecule has 2 heterocycles. The summed E-state index contributed by atoms with van der Waals surface area (Å²) in [6.07, 6.45) is 4.52. The molecule has 0 radical (unpaired) electrons. The van der Waals surface area contributed by atoms with Crippen molar-refractivity contribution < 1.29 is 13.2 Å². The first-order chi connectivity index (χ1) is 10.5. The molecule has 0 atom stereocenters. The molecule has 0 aliphatic heterocycles. The zero-order chi connectivity index (χ0) is 15.7. The van der Waals surface area contributed by atoms with Crippen LogP contribution in [0.5, 0.6) is 5.88 Å². The fourth-order valence-corrected chi connectivity index (χ4v) is 3.95. The van der Waals surface area contributed by atoms with Crippen LogP contribution in [-0.4, -0.2) is 41.3 Å². The van der Waals surface area contributed by atoms with Gasteiger partial charge in [-0.05, 0) is 25.8 Å². The van der Waals surface area contributed by atoms with Crippen LogP contribution in [0.1, 0.15) is 24.6 Å². The van der Waals surface area contributed by atoms with Gasteiger partial charge in [0.15, 0.2) is 0 Å². The van der Waals surface area contributed by atoms with Gasteiger partial charge in [-0.15, -0.1) is 0 Å². The Kier molecular flexibility index (Phi) is 3.83. The molecule has 1 aliphatic carbocycles. The van der Waals surface area contributed by atoms with Crippen LogP contribution in [0.2, 0.25) is 0 Å². The fourth-order valence-electron chi connectivity index (χ4n) is 2.51. The first kappa shape index (κ1) is 14.9. The summed E-state index contributed by atoms with van der Waals surface area (Å²) >= 11 is 0. The molecule has 2 aromatic heterocycles. The Morgan fingerprint density at radius 3 is 2.73 bits per heavy atom. The zero-order valence-electron chi connectivity index (χ0n) is 12.3. The van der Waals surface area contributed by atoms with Gasteiger partial charge in [0.2, 0.25) is 15.9 Å². The average Bonchev–Trinajstić information content (AvgIpc) is 2.95. The van der Waals surface area contributed by atoms with Crippen molar-refractivity contribution in [3.63, 3.8) is 0 Å². The highest BCUT2D eigenvalue weighted by molar-refractivity contribution is 7.89. The standard InChI is InChI=1S/C13H17N5O3S/c1-9-12(3-4-13(16-9)21-2)22(19,20)17-10-5-11(6-10)18-8-14-7-15-18/h3-4,7-8,10-11,17H,5-6H2,1-2H3. The molecule has 1 fully saturated rings. The number of sulfonamides is 1. The molecule has 2 aromatic rings. The Morgan fingerprint density at radius 2 is 2.14 bits per heavy atom. The molecule has 0 spiro atoms. The van der Waals surface area contributed by atoms with E-state index in [1.54, 1.807) is 24.0 Å². The van der Waals surface area contributed by atoms with E-state index in [4.69, 9.17) is 4.74 Å². The Balaban J connectivity index is 1.67. The number of hydrogen-bond donors (Lipinski definition) is 1. The Morgan fingerprint density at radius 1 is 1.36 bits per heavy atom. The summed E-state index contributed by atoms with van der Waals surface area (Å²) in [5.41, 5.74) is 0.416. The van der Waals surface area contributed by atoms with Crippen LogP contribution in [-0.2, 0) is 10.0 Å². The average molecular weight is 323 g/mol. The summed E-state index contributed by atoms with van der Waals surface area (Å²) < 4.78 is 34.3. The number of nitrogens with one attached hydrogen (secondary N) is 1. The SMILES string of the molecule is COc1ccc(S(=O)(=O)NC2CC(n3cncn3)C2)c(C)n1. The second kappa shape index (κ2) is 5.65. The number of hydrogen-bond acceptors (Lipinski definition) is 6. The quantitative estimate of drug-likeness (QED) is 0.868. The van der Waals surface area contributed by atoms with Crippen molar-refractivity contribution in [1.82, 2.24) is 24.5 Å². The highest BCUT2D eigenvalue weighted by atomic mass is 32.2. The van der Waals surface area contributed by atoms with Gasteiger partial charge in [-0.3, -0.25) is 0 Å². The predicted octanol–water partition coefficient (Wildman–Crippen LogP) is 0.672. The van der Waals surface area contributed by atoms with Crippen LogP contribution in [0, 0.1) is 6.92 Å². The fraction of sp³-hybridized carbons (Fsp3) is 0.462. The summed E-state index contributed by atoms with van der Waals surface area (Å²) in [4.78, 5) is 8.17. The van der Waals surface area contributed by atoms with Gasteiger partial charge in [-0.25, -0.2) is 27.8 Å². The first-order valence-corrected chi connectivity index (χ1v) is 8.36. The monoisotopic (exact) mass is 323 g/mol. The number of aromatic nitrogens is 4. The number of rotatable bonds is 5. The number of pyridine rings is 1. The third kappa shape index (κ3) is 2.81. The van der Waals surface area contributed by atoms with Gasteiger partial charge in [0.05, 0.1) is 18.8 Å². The maximum absolute atomic E-state index is 12.4. The van der Waals surface area contributed by atoms with Crippen molar-refractivity contribution in [3.05, 3.63) is 30.5 Å². The van der Waals surface area contributed by atoms with E-state index in [0.29, 0.717) is 24.4 Å². The van der Waals surface area contributed by atoms with Crippen LogP contribution in [0.4, 0.5) is 0 Å². The van der Waals surface area contributed by atoms with Gasteiger partial charge in [-0.1, -0.05) is 0 Å². The van der Waals surface area contributed by atoms with Crippen LogP contribution in [0.3, 0.4) is 0 Å². The second-order valence-electron chi connectivity index (χ2n) is 5.26. The van der Waals surface area contributed by atoms with Crippen molar-refractivity contribution in [2.24, 2.45) is 0 Å². The molecule has 3 rings (SSSR count). The summed E-state index contributed by atoms with van der Waals surface area (Å²) in [7, 11) is -2.09. The van der Waals surface area contributed by atoms with Crippen LogP contribution < -0.4 is 9.46 Å².